The molecule has 0 saturated carbocycles. The van der Waals surface area contributed by atoms with Gasteiger partial charge in [-0.25, -0.2) is 9.49 Å². The predicted octanol–water partition coefficient (Wildman–Crippen LogP) is 4.28. The van der Waals surface area contributed by atoms with Crippen LogP contribution in [0.15, 0.2) is 53.6 Å². The molecular weight excluding hydrogens is 323 g/mol. The molecule has 0 aliphatic rings. The molecule has 0 aliphatic heterocycles. The molecule has 0 saturated heterocycles. The zero-order valence-electron chi connectivity index (χ0n) is 11.2. The van der Waals surface area contributed by atoms with Crippen LogP contribution in [0.1, 0.15) is 5.56 Å². The van der Waals surface area contributed by atoms with Crippen LogP contribution >= 0.6 is 23.8 Å². The summed E-state index contributed by atoms with van der Waals surface area (Å²) < 4.78 is 14.8. The molecule has 1 N–H and O–H groups in total. The van der Waals surface area contributed by atoms with Gasteiger partial charge in [0.2, 0.25) is 4.77 Å². The van der Waals surface area contributed by atoms with Crippen molar-refractivity contribution < 1.29 is 4.39 Å². The lowest BCUT2D eigenvalue weighted by Crippen LogP contribution is -1.95. The molecule has 2 aromatic carbocycles. The molecule has 7 heteroatoms. The molecule has 0 atom stereocenters. The largest absolute Gasteiger partial charge is 0.250 e. The monoisotopic (exact) mass is 332 g/mol. The Hall–Kier alpha value is -2.31. The third-order valence-electron chi connectivity index (χ3n) is 2.92. The van der Waals surface area contributed by atoms with Crippen molar-refractivity contribution in [1.29, 1.82) is 0 Å². The van der Waals surface area contributed by atoms with E-state index in [1.165, 1.54) is 16.8 Å². The molecule has 110 valence electrons. The average molecular weight is 333 g/mol. The van der Waals surface area contributed by atoms with Crippen molar-refractivity contribution in [3.63, 3.8) is 0 Å². The van der Waals surface area contributed by atoms with Gasteiger partial charge in [-0.05, 0) is 54.2 Å². The summed E-state index contributed by atoms with van der Waals surface area (Å²) in [7, 11) is 0. The van der Waals surface area contributed by atoms with Gasteiger partial charge in [-0.1, -0.05) is 23.7 Å². The fraction of sp³-hybridized carbons (Fsp3) is 0. The van der Waals surface area contributed by atoms with Crippen molar-refractivity contribution in [2.24, 2.45) is 5.10 Å². The molecule has 3 aromatic rings. The molecule has 22 heavy (non-hydrogen) atoms. The van der Waals surface area contributed by atoms with Crippen LogP contribution in [0.25, 0.3) is 11.4 Å². The lowest BCUT2D eigenvalue weighted by Gasteiger charge is -2.01. The van der Waals surface area contributed by atoms with E-state index in [1.54, 1.807) is 30.5 Å². The first-order valence-corrected chi connectivity index (χ1v) is 7.15. The van der Waals surface area contributed by atoms with Gasteiger partial charge in [0.05, 0.1) is 6.21 Å². The minimum absolute atomic E-state index is 0.313. The molecule has 0 spiro atoms. The quantitative estimate of drug-likeness (QED) is 0.574. The summed E-state index contributed by atoms with van der Waals surface area (Å²) in [6.45, 7) is 0. The van der Waals surface area contributed by atoms with E-state index < -0.39 is 0 Å². The first-order chi connectivity index (χ1) is 10.6. The Kier molecular flexibility index (Phi) is 4.13. The number of hydrogen-bond donors (Lipinski definition) is 1. The minimum Gasteiger partial charge on any atom is -0.250 e. The second-order valence-electron chi connectivity index (χ2n) is 4.47. The van der Waals surface area contributed by atoms with Gasteiger partial charge < -0.3 is 0 Å². The standard InChI is InChI=1S/C15H10ClFN4S/c16-12-3-1-2-10(8-12)9-18-21-14(19-20-15(21)22)11-4-6-13(17)7-5-11/h1-9H,(H,20,22)/b18-9-. The van der Waals surface area contributed by atoms with Gasteiger partial charge in [0, 0.05) is 10.6 Å². The highest BCUT2D eigenvalue weighted by Crippen LogP contribution is 2.17. The molecule has 0 bridgehead atoms. The maximum absolute atomic E-state index is 13.0. The lowest BCUT2D eigenvalue weighted by molar-refractivity contribution is 0.628. The van der Waals surface area contributed by atoms with Gasteiger partial charge in [-0.15, -0.1) is 0 Å². The van der Waals surface area contributed by atoms with E-state index in [0.29, 0.717) is 21.2 Å². The van der Waals surface area contributed by atoms with Crippen LogP contribution in [0.4, 0.5) is 4.39 Å². The predicted molar refractivity (Wildman–Crippen MR) is 87.2 cm³/mol. The number of aromatic nitrogens is 3. The number of hydrogen-bond acceptors (Lipinski definition) is 3. The number of H-pyrrole nitrogens is 1. The maximum atomic E-state index is 13.0. The maximum Gasteiger partial charge on any atom is 0.216 e. The van der Waals surface area contributed by atoms with Gasteiger partial charge in [-0.2, -0.15) is 14.9 Å². The Bertz CT molecular complexity index is 883. The van der Waals surface area contributed by atoms with Crippen molar-refractivity contribution >= 4 is 30.0 Å². The summed E-state index contributed by atoms with van der Waals surface area (Å²) in [5, 5.41) is 11.8. The highest BCUT2D eigenvalue weighted by atomic mass is 35.5. The number of halogens is 2. The first kappa shape index (κ1) is 14.6. The van der Waals surface area contributed by atoms with Crippen LogP contribution in [-0.2, 0) is 0 Å². The molecular formula is C15H10ClFN4S. The van der Waals surface area contributed by atoms with Crippen LogP contribution in [0.5, 0.6) is 0 Å². The van der Waals surface area contributed by atoms with Crippen LogP contribution < -0.4 is 0 Å². The van der Waals surface area contributed by atoms with Crippen LogP contribution in [-0.4, -0.2) is 21.1 Å². The second-order valence-corrected chi connectivity index (χ2v) is 5.29. The van der Waals surface area contributed by atoms with E-state index >= 15 is 0 Å². The molecule has 0 fully saturated rings. The molecule has 1 heterocycles. The molecule has 0 unspecified atom stereocenters. The molecule has 0 aliphatic carbocycles. The third-order valence-corrected chi connectivity index (χ3v) is 3.42. The SMILES string of the molecule is Fc1ccc(-c2n[nH]c(=S)n2/N=C\c2cccc(Cl)c2)cc1. The summed E-state index contributed by atoms with van der Waals surface area (Å²) >= 11 is 11.1. The van der Waals surface area contributed by atoms with E-state index in [-0.39, 0.29) is 5.82 Å². The van der Waals surface area contributed by atoms with Gasteiger partial charge in [0.25, 0.3) is 0 Å². The fourth-order valence-electron chi connectivity index (χ4n) is 1.90. The number of rotatable bonds is 3. The highest BCUT2D eigenvalue weighted by molar-refractivity contribution is 7.71. The Labute approximate surface area is 135 Å². The van der Waals surface area contributed by atoms with Crippen molar-refractivity contribution in [1.82, 2.24) is 14.9 Å². The Morgan fingerprint density at radius 2 is 2.00 bits per heavy atom. The van der Waals surface area contributed by atoms with E-state index in [9.17, 15) is 4.39 Å². The number of nitrogens with zero attached hydrogens (tertiary/aromatic N) is 3. The minimum atomic E-state index is -0.313. The van der Waals surface area contributed by atoms with Crippen molar-refractivity contribution in [2.45, 2.75) is 0 Å². The third kappa shape index (κ3) is 3.13. The number of benzene rings is 2. The smallest absolute Gasteiger partial charge is 0.216 e. The Morgan fingerprint density at radius 1 is 1.23 bits per heavy atom. The molecule has 0 radical (unpaired) electrons. The summed E-state index contributed by atoms with van der Waals surface area (Å²) in [6.07, 6.45) is 1.63. The average Bonchev–Trinajstić information content (AvgIpc) is 2.87. The van der Waals surface area contributed by atoms with Crippen LogP contribution in [0.3, 0.4) is 0 Å². The first-order valence-electron chi connectivity index (χ1n) is 6.37. The fourth-order valence-corrected chi connectivity index (χ4v) is 2.27. The van der Waals surface area contributed by atoms with E-state index in [0.717, 1.165) is 5.56 Å². The molecule has 1 aromatic heterocycles. The van der Waals surface area contributed by atoms with Crippen LogP contribution in [0, 0.1) is 10.6 Å². The molecule has 4 nitrogen and oxygen atoms in total. The lowest BCUT2D eigenvalue weighted by atomic mass is 10.2. The number of aromatic amines is 1. The Morgan fingerprint density at radius 3 is 2.73 bits per heavy atom. The zero-order chi connectivity index (χ0) is 15.5. The zero-order valence-corrected chi connectivity index (χ0v) is 12.8. The number of nitrogens with one attached hydrogen (secondary N) is 1. The van der Waals surface area contributed by atoms with E-state index in [1.807, 2.05) is 12.1 Å². The van der Waals surface area contributed by atoms with Crippen LogP contribution in [0.2, 0.25) is 5.02 Å². The summed E-state index contributed by atoms with van der Waals surface area (Å²) in [5.41, 5.74) is 1.54. The normalized spacial score (nSPS) is 11.2. The molecule has 0 amide bonds. The van der Waals surface area contributed by atoms with E-state index in [2.05, 4.69) is 15.3 Å². The topological polar surface area (TPSA) is 46.0 Å². The Balaban J connectivity index is 1.99. The summed E-state index contributed by atoms with van der Waals surface area (Å²) in [6, 6.07) is 13.2. The molecule has 3 rings (SSSR count). The van der Waals surface area contributed by atoms with Gasteiger partial charge in [-0.3, -0.25) is 0 Å². The van der Waals surface area contributed by atoms with Crippen molar-refractivity contribution in [3.05, 3.63) is 69.7 Å². The van der Waals surface area contributed by atoms with Gasteiger partial charge in [0.1, 0.15) is 5.82 Å². The second kappa shape index (κ2) is 6.21. The van der Waals surface area contributed by atoms with Gasteiger partial charge >= 0.3 is 0 Å². The van der Waals surface area contributed by atoms with E-state index in [4.69, 9.17) is 23.8 Å². The highest BCUT2D eigenvalue weighted by Gasteiger charge is 2.08. The summed E-state index contributed by atoms with van der Waals surface area (Å²) in [5.74, 6) is 0.190. The van der Waals surface area contributed by atoms with Gasteiger partial charge in [0.15, 0.2) is 5.82 Å². The summed E-state index contributed by atoms with van der Waals surface area (Å²) in [4.78, 5) is 0. The van der Waals surface area contributed by atoms with Crippen molar-refractivity contribution in [3.8, 4) is 11.4 Å². The van der Waals surface area contributed by atoms with Crippen molar-refractivity contribution in [2.75, 3.05) is 0 Å².